The third kappa shape index (κ3) is 4.55. The molecule has 0 aliphatic rings. The summed E-state index contributed by atoms with van der Waals surface area (Å²) in [4.78, 5) is 24.8. The maximum atomic E-state index is 12.2. The van der Waals surface area contributed by atoms with Gasteiger partial charge in [-0.3, -0.25) is 9.59 Å². The van der Waals surface area contributed by atoms with Crippen LogP contribution >= 0.6 is 15.9 Å². The summed E-state index contributed by atoms with van der Waals surface area (Å²) in [6.07, 6.45) is 0.171. The standard InChI is InChI=1S/C13H17BrN2O3/c1-3-19-12(17)6-7-16(2)13(18)10-8-9(14)4-5-11(10)15/h4-5,8H,3,6-7,15H2,1-2H3. The van der Waals surface area contributed by atoms with E-state index in [4.69, 9.17) is 10.5 Å². The van der Waals surface area contributed by atoms with E-state index < -0.39 is 0 Å². The number of hydrogen-bond acceptors (Lipinski definition) is 4. The Hall–Kier alpha value is -1.56. The fourth-order valence-corrected chi connectivity index (χ4v) is 1.87. The molecule has 0 saturated carbocycles. The highest BCUT2D eigenvalue weighted by molar-refractivity contribution is 9.10. The Morgan fingerprint density at radius 3 is 2.74 bits per heavy atom. The van der Waals surface area contributed by atoms with Gasteiger partial charge in [-0.1, -0.05) is 15.9 Å². The molecule has 0 saturated heterocycles. The highest BCUT2D eigenvalue weighted by atomic mass is 79.9. The highest BCUT2D eigenvalue weighted by Gasteiger charge is 2.16. The summed E-state index contributed by atoms with van der Waals surface area (Å²) < 4.78 is 5.59. The van der Waals surface area contributed by atoms with Crippen molar-refractivity contribution >= 4 is 33.5 Å². The Labute approximate surface area is 120 Å². The normalized spacial score (nSPS) is 10.1. The van der Waals surface area contributed by atoms with E-state index in [9.17, 15) is 9.59 Å². The van der Waals surface area contributed by atoms with E-state index in [0.717, 1.165) is 4.47 Å². The first-order valence-electron chi connectivity index (χ1n) is 5.91. The first-order chi connectivity index (χ1) is 8.95. The molecular formula is C13H17BrN2O3. The quantitative estimate of drug-likeness (QED) is 0.663. The number of esters is 1. The van der Waals surface area contributed by atoms with Gasteiger partial charge in [0.2, 0.25) is 0 Å². The van der Waals surface area contributed by atoms with Crippen LogP contribution in [0.3, 0.4) is 0 Å². The van der Waals surface area contributed by atoms with Crippen LogP contribution in [0.15, 0.2) is 22.7 Å². The molecule has 0 fully saturated rings. The fourth-order valence-electron chi connectivity index (χ4n) is 1.51. The molecule has 0 heterocycles. The number of halogens is 1. The van der Waals surface area contributed by atoms with Crippen molar-refractivity contribution in [1.82, 2.24) is 4.90 Å². The number of nitrogens with two attached hydrogens (primary N) is 1. The molecule has 1 aromatic rings. The number of nitrogen functional groups attached to an aromatic ring is 1. The second kappa shape index (κ2) is 7.13. The van der Waals surface area contributed by atoms with Gasteiger partial charge >= 0.3 is 5.97 Å². The average Bonchev–Trinajstić information content (AvgIpc) is 2.38. The lowest BCUT2D eigenvalue weighted by atomic mass is 10.1. The topological polar surface area (TPSA) is 72.6 Å². The minimum atomic E-state index is -0.315. The van der Waals surface area contributed by atoms with Gasteiger partial charge in [-0.05, 0) is 25.1 Å². The second-order valence-corrected chi connectivity index (χ2v) is 4.93. The van der Waals surface area contributed by atoms with E-state index in [2.05, 4.69) is 15.9 Å². The van der Waals surface area contributed by atoms with Gasteiger partial charge in [0.25, 0.3) is 5.91 Å². The summed E-state index contributed by atoms with van der Waals surface area (Å²) >= 11 is 3.30. The molecule has 0 atom stereocenters. The first kappa shape index (κ1) is 15.5. The third-order valence-electron chi connectivity index (χ3n) is 2.55. The second-order valence-electron chi connectivity index (χ2n) is 4.01. The van der Waals surface area contributed by atoms with Crippen LogP contribution in [0.25, 0.3) is 0 Å². The first-order valence-corrected chi connectivity index (χ1v) is 6.71. The number of benzene rings is 1. The minimum Gasteiger partial charge on any atom is -0.466 e. The molecule has 104 valence electrons. The summed E-state index contributed by atoms with van der Waals surface area (Å²) in [6.45, 7) is 2.38. The Morgan fingerprint density at radius 2 is 2.11 bits per heavy atom. The molecule has 0 aliphatic heterocycles. The van der Waals surface area contributed by atoms with Crippen molar-refractivity contribution in [1.29, 1.82) is 0 Å². The van der Waals surface area contributed by atoms with Gasteiger partial charge in [0.1, 0.15) is 0 Å². The van der Waals surface area contributed by atoms with Gasteiger partial charge < -0.3 is 15.4 Å². The SMILES string of the molecule is CCOC(=O)CCN(C)C(=O)c1cc(Br)ccc1N. The average molecular weight is 329 g/mol. The monoisotopic (exact) mass is 328 g/mol. The van der Waals surface area contributed by atoms with E-state index in [1.165, 1.54) is 4.90 Å². The summed E-state index contributed by atoms with van der Waals surface area (Å²) in [5.41, 5.74) is 6.60. The van der Waals surface area contributed by atoms with Gasteiger partial charge in [0.05, 0.1) is 18.6 Å². The molecule has 0 aromatic heterocycles. The number of anilines is 1. The molecule has 19 heavy (non-hydrogen) atoms. The van der Waals surface area contributed by atoms with E-state index in [-0.39, 0.29) is 18.3 Å². The van der Waals surface area contributed by atoms with Crippen molar-refractivity contribution in [2.24, 2.45) is 0 Å². The number of carbonyl (C=O) groups excluding carboxylic acids is 2. The maximum absolute atomic E-state index is 12.2. The molecule has 0 unspecified atom stereocenters. The number of ether oxygens (including phenoxy) is 1. The van der Waals surface area contributed by atoms with Crippen LogP contribution in [0.4, 0.5) is 5.69 Å². The van der Waals surface area contributed by atoms with Crippen molar-refractivity contribution in [3.05, 3.63) is 28.2 Å². The predicted octanol–water partition coefficient (Wildman–Crippen LogP) is 2.06. The van der Waals surface area contributed by atoms with Crippen LogP contribution in [0, 0.1) is 0 Å². The Kier molecular flexibility index (Phi) is 5.82. The lowest BCUT2D eigenvalue weighted by Gasteiger charge is -2.17. The van der Waals surface area contributed by atoms with E-state index >= 15 is 0 Å². The van der Waals surface area contributed by atoms with Crippen LogP contribution < -0.4 is 5.73 Å². The van der Waals surface area contributed by atoms with Crippen molar-refractivity contribution in [3.63, 3.8) is 0 Å². The molecule has 0 bridgehead atoms. The van der Waals surface area contributed by atoms with Gasteiger partial charge in [0, 0.05) is 23.8 Å². The summed E-state index contributed by atoms with van der Waals surface area (Å²) in [5.74, 6) is -0.535. The Bertz CT molecular complexity index is 477. The fraction of sp³-hybridized carbons (Fsp3) is 0.385. The molecule has 0 spiro atoms. The third-order valence-corrected chi connectivity index (χ3v) is 3.04. The largest absolute Gasteiger partial charge is 0.466 e. The Balaban J connectivity index is 2.66. The van der Waals surface area contributed by atoms with Gasteiger partial charge in [-0.2, -0.15) is 0 Å². The van der Waals surface area contributed by atoms with Crippen molar-refractivity contribution in [2.45, 2.75) is 13.3 Å². The van der Waals surface area contributed by atoms with Crippen molar-refractivity contribution in [3.8, 4) is 0 Å². The lowest BCUT2D eigenvalue weighted by Crippen LogP contribution is -2.30. The Morgan fingerprint density at radius 1 is 1.42 bits per heavy atom. The van der Waals surface area contributed by atoms with Crippen LogP contribution in [0.2, 0.25) is 0 Å². The molecule has 6 heteroatoms. The maximum Gasteiger partial charge on any atom is 0.307 e. The van der Waals surface area contributed by atoms with Crippen LogP contribution in [0.5, 0.6) is 0 Å². The molecule has 2 N–H and O–H groups in total. The molecule has 5 nitrogen and oxygen atoms in total. The van der Waals surface area contributed by atoms with Gasteiger partial charge in [-0.15, -0.1) is 0 Å². The van der Waals surface area contributed by atoms with Gasteiger partial charge in [0.15, 0.2) is 0 Å². The summed E-state index contributed by atoms with van der Waals surface area (Å²) in [6, 6.07) is 5.10. The van der Waals surface area contributed by atoms with Crippen molar-refractivity contribution in [2.75, 3.05) is 25.9 Å². The molecule has 1 rings (SSSR count). The summed E-state index contributed by atoms with van der Waals surface area (Å²) in [7, 11) is 1.63. The zero-order valence-corrected chi connectivity index (χ0v) is 12.6. The van der Waals surface area contributed by atoms with Crippen molar-refractivity contribution < 1.29 is 14.3 Å². The molecule has 1 amide bonds. The molecule has 0 radical (unpaired) electrons. The number of nitrogens with zero attached hydrogens (tertiary/aromatic N) is 1. The van der Waals surface area contributed by atoms with Crippen LogP contribution in [0.1, 0.15) is 23.7 Å². The predicted molar refractivity (Wildman–Crippen MR) is 76.8 cm³/mol. The zero-order chi connectivity index (χ0) is 14.4. The van der Waals surface area contributed by atoms with E-state index in [0.29, 0.717) is 24.4 Å². The van der Waals surface area contributed by atoms with Crippen LogP contribution in [-0.4, -0.2) is 37.0 Å². The lowest BCUT2D eigenvalue weighted by molar-refractivity contribution is -0.143. The van der Waals surface area contributed by atoms with E-state index in [1.807, 2.05) is 0 Å². The van der Waals surface area contributed by atoms with Gasteiger partial charge in [-0.25, -0.2) is 0 Å². The highest BCUT2D eigenvalue weighted by Crippen LogP contribution is 2.19. The van der Waals surface area contributed by atoms with Crippen LogP contribution in [-0.2, 0) is 9.53 Å². The summed E-state index contributed by atoms with van der Waals surface area (Å²) in [5, 5.41) is 0. The number of rotatable bonds is 5. The zero-order valence-electron chi connectivity index (χ0n) is 11.0. The molecule has 1 aromatic carbocycles. The smallest absolute Gasteiger partial charge is 0.307 e. The molecular weight excluding hydrogens is 312 g/mol. The molecule has 0 aliphatic carbocycles. The number of amides is 1. The number of hydrogen-bond donors (Lipinski definition) is 1. The number of carbonyl (C=O) groups is 2. The minimum absolute atomic E-state index is 0.171. The van der Waals surface area contributed by atoms with E-state index in [1.54, 1.807) is 32.2 Å².